The van der Waals surface area contributed by atoms with E-state index in [1.54, 1.807) is 12.1 Å². The first-order valence-corrected chi connectivity index (χ1v) is 8.17. The fraction of sp³-hybridized carbons (Fsp3) is 0.200. The van der Waals surface area contributed by atoms with Crippen molar-refractivity contribution in [2.24, 2.45) is 0 Å². The van der Waals surface area contributed by atoms with Crippen LogP contribution in [0.5, 0.6) is 0 Å². The Kier molecular flexibility index (Phi) is 4.19. The number of fused-ring (bicyclic) bond motifs is 1. The summed E-state index contributed by atoms with van der Waals surface area (Å²) < 4.78 is 1.17. The molecular weight excluding hydrogens is 380 g/mol. The van der Waals surface area contributed by atoms with Crippen molar-refractivity contribution < 1.29 is 0 Å². The molecule has 1 atom stereocenters. The lowest BCUT2D eigenvalue weighted by molar-refractivity contribution is 0.762. The summed E-state index contributed by atoms with van der Waals surface area (Å²) >= 11 is 21.8. The van der Waals surface area contributed by atoms with Gasteiger partial charge >= 0.3 is 0 Å². The van der Waals surface area contributed by atoms with Gasteiger partial charge in [-0.3, -0.25) is 0 Å². The zero-order chi connectivity index (χ0) is 14.3. The summed E-state index contributed by atoms with van der Waals surface area (Å²) in [6.07, 6.45) is 2.09. The molecule has 0 fully saturated rings. The Morgan fingerprint density at radius 3 is 2.60 bits per heavy atom. The van der Waals surface area contributed by atoms with E-state index in [1.807, 2.05) is 0 Å². The van der Waals surface area contributed by atoms with Crippen LogP contribution in [0.4, 0.5) is 5.69 Å². The largest absolute Gasteiger partial charge is 0.377 e. The molecule has 20 heavy (non-hydrogen) atoms. The van der Waals surface area contributed by atoms with Crippen LogP contribution in [0.3, 0.4) is 0 Å². The first kappa shape index (κ1) is 14.5. The van der Waals surface area contributed by atoms with E-state index in [-0.39, 0.29) is 6.04 Å². The summed E-state index contributed by atoms with van der Waals surface area (Å²) in [5, 5.41) is 5.03. The molecule has 5 heteroatoms. The molecule has 1 unspecified atom stereocenters. The summed E-state index contributed by atoms with van der Waals surface area (Å²) in [6.45, 7) is 0. The normalized spacial score (nSPS) is 17.1. The molecule has 1 aliphatic carbocycles. The topological polar surface area (TPSA) is 12.0 Å². The fourth-order valence-electron chi connectivity index (χ4n) is 2.58. The van der Waals surface area contributed by atoms with Crippen molar-refractivity contribution in [3.63, 3.8) is 0 Å². The maximum atomic E-state index is 6.22. The molecule has 0 bridgehead atoms. The predicted octanol–water partition coefficient (Wildman–Crippen LogP) is 6.51. The second-order valence-electron chi connectivity index (χ2n) is 4.79. The van der Waals surface area contributed by atoms with Crippen molar-refractivity contribution in [2.45, 2.75) is 18.9 Å². The van der Waals surface area contributed by atoms with E-state index in [2.05, 4.69) is 39.4 Å². The minimum atomic E-state index is 0.247. The van der Waals surface area contributed by atoms with Crippen LogP contribution >= 0.6 is 50.7 Å². The Morgan fingerprint density at radius 1 is 1.05 bits per heavy atom. The van der Waals surface area contributed by atoms with Crippen molar-refractivity contribution >= 4 is 56.4 Å². The number of rotatable bonds is 2. The molecule has 2 aromatic rings. The Bertz CT molecular complexity index is 672. The van der Waals surface area contributed by atoms with Gasteiger partial charge in [0.05, 0.1) is 26.8 Å². The van der Waals surface area contributed by atoms with E-state index >= 15 is 0 Å². The molecule has 2 aromatic carbocycles. The fourth-order valence-corrected chi connectivity index (χ4v) is 3.76. The Labute approximate surface area is 141 Å². The maximum Gasteiger partial charge on any atom is 0.0653 e. The first-order chi connectivity index (χ1) is 9.56. The van der Waals surface area contributed by atoms with Crippen LogP contribution in [-0.4, -0.2) is 0 Å². The van der Waals surface area contributed by atoms with E-state index in [0.29, 0.717) is 15.1 Å². The van der Waals surface area contributed by atoms with Gasteiger partial charge < -0.3 is 5.32 Å². The highest BCUT2D eigenvalue weighted by atomic mass is 79.9. The molecule has 0 saturated heterocycles. The maximum absolute atomic E-state index is 6.22. The van der Waals surface area contributed by atoms with Gasteiger partial charge in [-0.05, 0) is 42.2 Å². The number of anilines is 1. The van der Waals surface area contributed by atoms with E-state index in [0.717, 1.165) is 18.5 Å². The van der Waals surface area contributed by atoms with E-state index < -0.39 is 0 Å². The van der Waals surface area contributed by atoms with Crippen molar-refractivity contribution in [1.29, 1.82) is 0 Å². The molecule has 0 heterocycles. The van der Waals surface area contributed by atoms with Crippen LogP contribution in [-0.2, 0) is 6.42 Å². The van der Waals surface area contributed by atoms with Crippen molar-refractivity contribution in [1.82, 2.24) is 0 Å². The molecule has 104 valence electrons. The van der Waals surface area contributed by atoms with Gasteiger partial charge in [-0.2, -0.15) is 0 Å². The molecule has 3 rings (SSSR count). The standard InChI is InChI=1S/C15H11BrCl3N/c16-10-3-1-2-9-8(10)4-5-14(9)20-15-7-12(18)11(17)6-13(15)19/h1-3,6-7,14,20H,4-5H2. The number of hydrogen-bond donors (Lipinski definition) is 1. The Morgan fingerprint density at radius 2 is 1.80 bits per heavy atom. The molecule has 1 N–H and O–H groups in total. The summed E-state index contributed by atoms with van der Waals surface area (Å²) in [5.74, 6) is 0. The van der Waals surface area contributed by atoms with Crippen molar-refractivity contribution in [3.8, 4) is 0 Å². The Hall–Kier alpha value is -0.410. The molecule has 0 amide bonds. The lowest BCUT2D eigenvalue weighted by Crippen LogP contribution is -2.07. The molecule has 0 spiro atoms. The third-order valence-electron chi connectivity index (χ3n) is 3.55. The molecule has 0 radical (unpaired) electrons. The SMILES string of the molecule is Clc1cc(Cl)c(NC2CCc3c(Br)cccc32)cc1Cl. The summed E-state index contributed by atoms with van der Waals surface area (Å²) in [6, 6.07) is 9.98. The smallest absolute Gasteiger partial charge is 0.0653 e. The van der Waals surface area contributed by atoms with Gasteiger partial charge in [0.25, 0.3) is 0 Å². The quantitative estimate of drug-likeness (QED) is 0.576. The van der Waals surface area contributed by atoms with E-state index in [1.165, 1.54) is 15.6 Å². The Balaban J connectivity index is 1.91. The van der Waals surface area contributed by atoms with Gasteiger partial charge in [-0.25, -0.2) is 0 Å². The molecule has 0 aliphatic heterocycles. The minimum Gasteiger partial charge on any atom is -0.377 e. The predicted molar refractivity (Wildman–Crippen MR) is 90.3 cm³/mol. The zero-order valence-electron chi connectivity index (χ0n) is 10.4. The third-order valence-corrected chi connectivity index (χ3v) is 5.33. The van der Waals surface area contributed by atoms with E-state index in [4.69, 9.17) is 34.8 Å². The second-order valence-corrected chi connectivity index (χ2v) is 6.87. The van der Waals surface area contributed by atoms with Gasteiger partial charge in [0.1, 0.15) is 0 Å². The van der Waals surface area contributed by atoms with Gasteiger partial charge in [-0.1, -0.05) is 62.9 Å². The van der Waals surface area contributed by atoms with Crippen LogP contribution < -0.4 is 5.32 Å². The molecule has 1 aliphatic rings. The van der Waals surface area contributed by atoms with Crippen molar-refractivity contribution in [2.75, 3.05) is 5.32 Å². The summed E-state index contributed by atoms with van der Waals surface area (Å²) in [7, 11) is 0. The number of hydrogen-bond acceptors (Lipinski definition) is 1. The van der Waals surface area contributed by atoms with Crippen LogP contribution in [0.2, 0.25) is 15.1 Å². The van der Waals surface area contributed by atoms with Gasteiger partial charge in [0.15, 0.2) is 0 Å². The lowest BCUT2D eigenvalue weighted by Gasteiger charge is -2.17. The second kappa shape index (κ2) is 5.76. The number of benzene rings is 2. The summed E-state index contributed by atoms with van der Waals surface area (Å²) in [5.41, 5.74) is 3.49. The average molecular weight is 392 g/mol. The average Bonchev–Trinajstić information content (AvgIpc) is 2.81. The molecular formula is C15H11BrCl3N. The molecule has 0 aromatic heterocycles. The summed E-state index contributed by atoms with van der Waals surface area (Å²) in [4.78, 5) is 0. The highest BCUT2D eigenvalue weighted by Gasteiger charge is 2.24. The zero-order valence-corrected chi connectivity index (χ0v) is 14.2. The van der Waals surface area contributed by atoms with Crippen LogP contribution in [0, 0.1) is 0 Å². The van der Waals surface area contributed by atoms with E-state index in [9.17, 15) is 0 Å². The third kappa shape index (κ3) is 2.67. The van der Waals surface area contributed by atoms with Gasteiger partial charge in [-0.15, -0.1) is 0 Å². The minimum absolute atomic E-state index is 0.247. The first-order valence-electron chi connectivity index (χ1n) is 6.24. The molecule has 1 nitrogen and oxygen atoms in total. The van der Waals surface area contributed by atoms with Gasteiger partial charge in [0.2, 0.25) is 0 Å². The lowest BCUT2D eigenvalue weighted by atomic mass is 10.1. The number of nitrogens with one attached hydrogen (secondary N) is 1. The highest BCUT2D eigenvalue weighted by molar-refractivity contribution is 9.10. The highest BCUT2D eigenvalue weighted by Crippen LogP contribution is 2.40. The van der Waals surface area contributed by atoms with Crippen LogP contribution in [0.1, 0.15) is 23.6 Å². The monoisotopic (exact) mass is 389 g/mol. The van der Waals surface area contributed by atoms with Crippen LogP contribution in [0.25, 0.3) is 0 Å². The van der Waals surface area contributed by atoms with Crippen LogP contribution in [0.15, 0.2) is 34.8 Å². The number of halogens is 4. The molecule has 0 saturated carbocycles. The van der Waals surface area contributed by atoms with Gasteiger partial charge in [0, 0.05) is 4.47 Å². The van der Waals surface area contributed by atoms with Crippen molar-refractivity contribution in [3.05, 3.63) is 61.0 Å².